The molecule has 0 saturated heterocycles. The summed E-state index contributed by atoms with van der Waals surface area (Å²) in [7, 11) is 0. The Hall–Kier alpha value is -1.19. The molecule has 2 nitrogen and oxygen atoms in total. The lowest BCUT2D eigenvalue weighted by atomic mass is 10.1. The molecule has 0 bridgehead atoms. The van der Waals surface area contributed by atoms with Gasteiger partial charge in [-0.1, -0.05) is 6.92 Å². The molecule has 2 rings (SSSR count). The van der Waals surface area contributed by atoms with E-state index in [-0.39, 0.29) is 6.04 Å². The van der Waals surface area contributed by atoms with E-state index in [1.807, 2.05) is 12.1 Å². The third-order valence-electron chi connectivity index (χ3n) is 2.40. The number of thiophene rings is 1. The highest BCUT2D eigenvalue weighted by Crippen LogP contribution is 2.26. The summed E-state index contributed by atoms with van der Waals surface area (Å²) >= 11 is 1.79. The van der Waals surface area contributed by atoms with Crippen LogP contribution in [0.25, 0.3) is 0 Å². The topological polar surface area (TPSA) is 38.9 Å². The fraction of sp³-hybridized carbons (Fsp3) is 0.250. The standard InChI is InChI=1S/C12H14N2S/c1-2-10-3-4-11(15-10)12(13)9-5-7-14-8-6-9/h3-8,12H,2,13H2,1H3. The van der Waals surface area contributed by atoms with Gasteiger partial charge in [0.15, 0.2) is 0 Å². The van der Waals surface area contributed by atoms with E-state index in [0.717, 1.165) is 12.0 Å². The smallest absolute Gasteiger partial charge is 0.0647 e. The normalized spacial score (nSPS) is 12.7. The third kappa shape index (κ3) is 2.25. The highest BCUT2D eigenvalue weighted by molar-refractivity contribution is 7.12. The van der Waals surface area contributed by atoms with E-state index < -0.39 is 0 Å². The van der Waals surface area contributed by atoms with E-state index in [0.29, 0.717) is 0 Å². The van der Waals surface area contributed by atoms with Gasteiger partial charge in [0, 0.05) is 22.1 Å². The molecule has 0 radical (unpaired) electrons. The van der Waals surface area contributed by atoms with Gasteiger partial charge in [-0.2, -0.15) is 0 Å². The molecular weight excluding hydrogens is 204 g/mol. The first kappa shape index (κ1) is 10.3. The van der Waals surface area contributed by atoms with E-state index in [9.17, 15) is 0 Å². The Morgan fingerprint density at radius 3 is 2.60 bits per heavy atom. The van der Waals surface area contributed by atoms with Crippen LogP contribution in [0.2, 0.25) is 0 Å². The van der Waals surface area contributed by atoms with Crippen molar-refractivity contribution >= 4 is 11.3 Å². The summed E-state index contributed by atoms with van der Waals surface area (Å²) in [5.41, 5.74) is 7.29. The third-order valence-corrected chi connectivity index (χ3v) is 3.72. The summed E-state index contributed by atoms with van der Waals surface area (Å²) < 4.78 is 0. The number of hydrogen-bond donors (Lipinski definition) is 1. The lowest BCUT2D eigenvalue weighted by Crippen LogP contribution is -2.09. The molecule has 0 aliphatic carbocycles. The zero-order chi connectivity index (χ0) is 10.7. The van der Waals surface area contributed by atoms with Crippen molar-refractivity contribution in [2.75, 3.05) is 0 Å². The van der Waals surface area contributed by atoms with Crippen LogP contribution >= 0.6 is 11.3 Å². The zero-order valence-electron chi connectivity index (χ0n) is 8.68. The molecule has 0 amide bonds. The van der Waals surface area contributed by atoms with Gasteiger partial charge in [0.1, 0.15) is 0 Å². The first-order chi connectivity index (χ1) is 7.31. The molecule has 1 unspecified atom stereocenters. The average molecular weight is 218 g/mol. The fourth-order valence-electron chi connectivity index (χ4n) is 1.49. The van der Waals surface area contributed by atoms with Crippen LogP contribution in [-0.4, -0.2) is 4.98 Å². The second-order valence-electron chi connectivity index (χ2n) is 3.42. The second kappa shape index (κ2) is 4.55. The summed E-state index contributed by atoms with van der Waals surface area (Å²) in [6.45, 7) is 2.16. The number of aromatic nitrogens is 1. The van der Waals surface area contributed by atoms with Gasteiger partial charge in [-0.25, -0.2) is 0 Å². The molecule has 2 aromatic heterocycles. The Bertz CT molecular complexity index is 422. The number of nitrogens with zero attached hydrogens (tertiary/aromatic N) is 1. The van der Waals surface area contributed by atoms with Gasteiger partial charge >= 0.3 is 0 Å². The molecule has 2 N–H and O–H groups in total. The minimum atomic E-state index is -0.0155. The van der Waals surface area contributed by atoms with E-state index >= 15 is 0 Å². The minimum Gasteiger partial charge on any atom is -0.320 e. The number of aryl methyl sites for hydroxylation is 1. The van der Waals surface area contributed by atoms with Crippen molar-refractivity contribution in [3.05, 3.63) is 52.0 Å². The van der Waals surface area contributed by atoms with E-state index in [4.69, 9.17) is 5.73 Å². The van der Waals surface area contributed by atoms with Gasteiger partial charge in [0.25, 0.3) is 0 Å². The number of hydrogen-bond acceptors (Lipinski definition) is 3. The first-order valence-corrected chi connectivity index (χ1v) is 5.87. The Balaban J connectivity index is 2.24. The molecule has 1 atom stereocenters. The van der Waals surface area contributed by atoms with Crippen LogP contribution in [0.4, 0.5) is 0 Å². The molecular formula is C12H14N2S. The van der Waals surface area contributed by atoms with Crippen molar-refractivity contribution in [2.24, 2.45) is 5.73 Å². The van der Waals surface area contributed by atoms with Crippen molar-refractivity contribution in [1.29, 1.82) is 0 Å². The van der Waals surface area contributed by atoms with Crippen LogP contribution in [0.3, 0.4) is 0 Å². The largest absolute Gasteiger partial charge is 0.320 e. The van der Waals surface area contributed by atoms with Crippen LogP contribution in [0.5, 0.6) is 0 Å². The van der Waals surface area contributed by atoms with Gasteiger partial charge < -0.3 is 5.73 Å². The molecule has 0 aromatic carbocycles. The van der Waals surface area contributed by atoms with Gasteiger partial charge in [-0.3, -0.25) is 4.98 Å². The van der Waals surface area contributed by atoms with E-state index in [1.165, 1.54) is 9.75 Å². The molecule has 2 heterocycles. The molecule has 3 heteroatoms. The fourth-order valence-corrected chi connectivity index (χ4v) is 2.47. The van der Waals surface area contributed by atoms with Crippen molar-refractivity contribution in [3.63, 3.8) is 0 Å². The maximum absolute atomic E-state index is 6.17. The highest BCUT2D eigenvalue weighted by Gasteiger charge is 2.10. The van der Waals surface area contributed by atoms with E-state index in [1.54, 1.807) is 23.7 Å². The Morgan fingerprint density at radius 2 is 2.00 bits per heavy atom. The van der Waals surface area contributed by atoms with Crippen LogP contribution in [0.15, 0.2) is 36.7 Å². The molecule has 0 fully saturated rings. The molecule has 2 aromatic rings. The minimum absolute atomic E-state index is 0.0155. The summed E-state index contributed by atoms with van der Waals surface area (Å²) in [5.74, 6) is 0. The maximum atomic E-state index is 6.17. The van der Waals surface area contributed by atoms with Crippen molar-refractivity contribution in [2.45, 2.75) is 19.4 Å². The SMILES string of the molecule is CCc1ccc(C(N)c2ccncc2)s1. The summed E-state index contributed by atoms with van der Waals surface area (Å²) in [6, 6.07) is 8.19. The Kier molecular flexibility index (Phi) is 3.14. The molecule has 0 aliphatic rings. The Labute approximate surface area is 93.8 Å². The van der Waals surface area contributed by atoms with Crippen LogP contribution in [0.1, 0.15) is 28.3 Å². The summed E-state index contributed by atoms with van der Waals surface area (Å²) in [4.78, 5) is 6.59. The molecule has 0 aliphatic heterocycles. The Morgan fingerprint density at radius 1 is 1.27 bits per heavy atom. The maximum Gasteiger partial charge on any atom is 0.0647 e. The molecule has 78 valence electrons. The van der Waals surface area contributed by atoms with E-state index in [2.05, 4.69) is 24.0 Å². The average Bonchev–Trinajstić information content (AvgIpc) is 2.78. The number of nitrogens with two attached hydrogens (primary N) is 1. The monoisotopic (exact) mass is 218 g/mol. The second-order valence-corrected chi connectivity index (χ2v) is 4.62. The highest BCUT2D eigenvalue weighted by atomic mass is 32.1. The summed E-state index contributed by atoms with van der Waals surface area (Å²) in [6.07, 6.45) is 4.64. The number of rotatable bonds is 3. The van der Waals surface area contributed by atoms with Gasteiger partial charge in [-0.15, -0.1) is 11.3 Å². The molecule has 15 heavy (non-hydrogen) atoms. The van der Waals surface area contributed by atoms with Gasteiger partial charge in [0.2, 0.25) is 0 Å². The van der Waals surface area contributed by atoms with Crippen LogP contribution in [-0.2, 0) is 6.42 Å². The van der Waals surface area contributed by atoms with Crippen molar-refractivity contribution in [1.82, 2.24) is 4.98 Å². The predicted molar refractivity (Wildman–Crippen MR) is 64.0 cm³/mol. The number of pyridine rings is 1. The van der Waals surface area contributed by atoms with Crippen molar-refractivity contribution < 1.29 is 0 Å². The van der Waals surface area contributed by atoms with Gasteiger partial charge in [-0.05, 0) is 36.2 Å². The lowest BCUT2D eigenvalue weighted by Gasteiger charge is -2.08. The quantitative estimate of drug-likeness (QED) is 0.860. The van der Waals surface area contributed by atoms with Crippen LogP contribution < -0.4 is 5.73 Å². The molecule has 0 saturated carbocycles. The summed E-state index contributed by atoms with van der Waals surface area (Å²) in [5, 5.41) is 0. The first-order valence-electron chi connectivity index (χ1n) is 5.05. The van der Waals surface area contributed by atoms with Crippen LogP contribution in [0, 0.1) is 0 Å². The predicted octanol–water partition coefficient (Wildman–Crippen LogP) is 2.75. The lowest BCUT2D eigenvalue weighted by molar-refractivity contribution is 0.889. The van der Waals surface area contributed by atoms with Crippen molar-refractivity contribution in [3.8, 4) is 0 Å². The van der Waals surface area contributed by atoms with Gasteiger partial charge in [0.05, 0.1) is 6.04 Å². The molecule has 0 spiro atoms. The zero-order valence-corrected chi connectivity index (χ0v) is 9.50.